The summed E-state index contributed by atoms with van der Waals surface area (Å²) in [6.07, 6.45) is 0. The van der Waals surface area contributed by atoms with Crippen LogP contribution in [0.5, 0.6) is 0 Å². The lowest BCUT2D eigenvalue weighted by molar-refractivity contribution is -0.479. The zero-order valence-corrected chi connectivity index (χ0v) is 11.3. The molecule has 0 heterocycles. The Bertz CT molecular complexity index is 475. The van der Waals surface area contributed by atoms with E-state index in [1.165, 1.54) is 38.1 Å². The number of carbonyl (C=O) groups is 1. The molecule has 1 rings (SSSR count). The van der Waals surface area contributed by atoms with Crippen molar-refractivity contribution in [3.63, 3.8) is 0 Å². The molecule has 1 aromatic rings. The topological polar surface area (TPSA) is 80.4 Å². The van der Waals surface area contributed by atoms with Crippen molar-refractivity contribution in [1.82, 2.24) is 0 Å². The van der Waals surface area contributed by atoms with Gasteiger partial charge in [-0.2, -0.15) is 0 Å². The number of carboxylic acids is 1. The molecule has 19 heavy (non-hydrogen) atoms. The van der Waals surface area contributed by atoms with E-state index in [9.17, 15) is 19.3 Å². The number of thioether (sulfide) groups is 1. The van der Waals surface area contributed by atoms with E-state index in [4.69, 9.17) is 5.11 Å². The number of aliphatic carboxylic acids is 1. The van der Waals surface area contributed by atoms with Gasteiger partial charge in [0.1, 0.15) is 10.6 Å². The van der Waals surface area contributed by atoms with Crippen LogP contribution in [0.1, 0.15) is 24.7 Å². The van der Waals surface area contributed by atoms with Crippen LogP contribution in [0.4, 0.5) is 4.39 Å². The Morgan fingerprint density at radius 2 is 2.00 bits per heavy atom. The Labute approximate surface area is 114 Å². The second-order valence-corrected chi connectivity index (χ2v) is 6.31. The van der Waals surface area contributed by atoms with Gasteiger partial charge in [0, 0.05) is 4.92 Å². The van der Waals surface area contributed by atoms with Crippen LogP contribution in [0.25, 0.3) is 0 Å². The third-order valence-corrected chi connectivity index (χ3v) is 3.98. The molecule has 0 aliphatic carbocycles. The van der Waals surface area contributed by atoms with Gasteiger partial charge in [-0.1, -0.05) is 12.1 Å². The van der Waals surface area contributed by atoms with E-state index in [1.807, 2.05) is 0 Å². The molecule has 0 radical (unpaired) electrons. The van der Waals surface area contributed by atoms with Crippen molar-refractivity contribution in [3.05, 3.63) is 45.8 Å². The Morgan fingerprint density at radius 3 is 2.42 bits per heavy atom. The monoisotopic (exact) mass is 287 g/mol. The zero-order chi connectivity index (χ0) is 14.6. The van der Waals surface area contributed by atoms with E-state index in [2.05, 4.69) is 0 Å². The number of carboxylic acid groups (broad SMARTS) is 1. The Kier molecular flexibility index (Phi) is 4.88. The highest BCUT2D eigenvalue weighted by Crippen LogP contribution is 2.39. The van der Waals surface area contributed by atoms with Crippen molar-refractivity contribution in [2.24, 2.45) is 0 Å². The van der Waals surface area contributed by atoms with Crippen LogP contribution in [0.3, 0.4) is 0 Å². The fourth-order valence-electron chi connectivity index (χ4n) is 1.43. The summed E-state index contributed by atoms with van der Waals surface area (Å²) in [5, 5.41) is 19.1. The number of hydrogen-bond acceptors (Lipinski definition) is 4. The predicted molar refractivity (Wildman–Crippen MR) is 70.3 cm³/mol. The number of benzene rings is 1. The highest BCUT2D eigenvalue weighted by Gasteiger charge is 2.34. The van der Waals surface area contributed by atoms with E-state index in [1.54, 1.807) is 0 Å². The second kappa shape index (κ2) is 6.01. The molecule has 0 aromatic heterocycles. The highest BCUT2D eigenvalue weighted by molar-refractivity contribution is 8.01. The summed E-state index contributed by atoms with van der Waals surface area (Å²) in [4.78, 5) is 21.3. The summed E-state index contributed by atoms with van der Waals surface area (Å²) >= 11 is 0.979. The van der Waals surface area contributed by atoms with Gasteiger partial charge < -0.3 is 5.11 Å². The molecule has 7 heteroatoms. The quantitative estimate of drug-likeness (QED) is 0.642. The molecule has 0 saturated heterocycles. The van der Waals surface area contributed by atoms with Crippen LogP contribution in [0, 0.1) is 15.9 Å². The lowest BCUT2D eigenvalue weighted by Gasteiger charge is -2.23. The van der Waals surface area contributed by atoms with Gasteiger partial charge in [-0.05, 0) is 31.5 Å². The smallest absolute Gasteiger partial charge is 0.319 e. The number of halogens is 1. The highest BCUT2D eigenvalue weighted by atomic mass is 32.2. The van der Waals surface area contributed by atoms with Crippen molar-refractivity contribution in [3.8, 4) is 0 Å². The molecule has 0 saturated carbocycles. The SMILES string of the molecule is CC(C)(SC(C[N+](=O)[O-])c1ccc(F)cc1)C(=O)O. The zero-order valence-electron chi connectivity index (χ0n) is 10.5. The number of hydrogen-bond donors (Lipinski definition) is 1. The molecule has 0 bridgehead atoms. The maximum absolute atomic E-state index is 12.8. The number of rotatable bonds is 6. The molecule has 5 nitrogen and oxygen atoms in total. The summed E-state index contributed by atoms with van der Waals surface area (Å²) < 4.78 is 11.7. The first-order valence-corrected chi connectivity index (χ1v) is 6.39. The summed E-state index contributed by atoms with van der Waals surface area (Å²) in [6.45, 7) is 2.56. The fourth-order valence-corrected chi connectivity index (χ4v) is 2.73. The Hall–Kier alpha value is -1.63. The molecule has 0 aliphatic rings. The van der Waals surface area contributed by atoms with Crippen molar-refractivity contribution in [2.75, 3.05) is 6.54 Å². The molecule has 0 fully saturated rings. The van der Waals surface area contributed by atoms with E-state index >= 15 is 0 Å². The lowest BCUT2D eigenvalue weighted by Crippen LogP contribution is -2.29. The summed E-state index contributed by atoms with van der Waals surface area (Å²) in [7, 11) is 0. The van der Waals surface area contributed by atoms with Crippen LogP contribution in [0.2, 0.25) is 0 Å². The Balaban J connectivity index is 2.98. The summed E-state index contributed by atoms with van der Waals surface area (Å²) in [5.41, 5.74) is 0.539. The van der Waals surface area contributed by atoms with Crippen molar-refractivity contribution < 1.29 is 19.2 Å². The molecule has 0 spiro atoms. The maximum Gasteiger partial charge on any atom is 0.319 e. The second-order valence-electron chi connectivity index (χ2n) is 4.49. The van der Waals surface area contributed by atoms with Crippen LogP contribution in [-0.4, -0.2) is 27.3 Å². The number of nitro groups is 1. The van der Waals surface area contributed by atoms with Gasteiger partial charge in [0.05, 0.1) is 5.25 Å². The summed E-state index contributed by atoms with van der Waals surface area (Å²) in [6, 6.07) is 5.29. The van der Waals surface area contributed by atoms with Crippen LogP contribution in [0.15, 0.2) is 24.3 Å². The van der Waals surface area contributed by atoms with Gasteiger partial charge in [0.15, 0.2) is 0 Å². The molecular formula is C12H14FNO4S. The van der Waals surface area contributed by atoms with E-state index in [0.29, 0.717) is 5.56 Å². The van der Waals surface area contributed by atoms with Crippen LogP contribution >= 0.6 is 11.8 Å². The van der Waals surface area contributed by atoms with Crippen LogP contribution < -0.4 is 0 Å². The van der Waals surface area contributed by atoms with Crippen molar-refractivity contribution >= 4 is 17.7 Å². The van der Waals surface area contributed by atoms with Gasteiger partial charge >= 0.3 is 5.97 Å². The molecule has 1 unspecified atom stereocenters. The molecule has 1 atom stereocenters. The van der Waals surface area contributed by atoms with E-state index < -0.39 is 33.3 Å². The minimum atomic E-state index is -1.16. The third kappa shape index (κ3) is 4.51. The minimum Gasteiger partial charge on any atom is -0.480 e. The largest absolute Gasteiger partial charge is 0.480 e. The summed E-state index contributed by atoms with van der Waals surface area (Å²) in [5.74, 6) is -1.49. The molecule has 1 aromatic carbocycles. The average molecular weight is 287 g/mol. The first-order valence-electron chi connectivity index (χ1n) is 5.51. The van der Waals surface area contributed by atoms with Gasteiger partial charge in [0.2, 0.25) is 6.54 Å². The first kappa shape index (κ1) is 15.4. The number of nitrogens with zero attached hydrogens (tertiary/aromatic N) is 1. The first-order chi connectivity index (χ1) is 8.72. The molecule has 104 valence electrons. The van der Waals surface area contributed by atoms with Crippen molar-refractivity contribution in [1.29, 1.82) is 0 Å². The lowest BCUT2D eigenvalue weighted by atomic mass is 10.1. The van der Waals surface area contributed by atoms with E-state index in [-0.39, 0.29) is 0 Å². The van der Waals surface area contributed by atoms with Gasteiger partial charge in [-0.25, -0.2) is 4.39 Å². The maximum atomic E-state index is 12.8. The van der Waals surface area contributed by atoms with Gasteiger partial charge in [-0.15, -0.1) is 11.8 Å². The molecule has 0 aliphatic heterocycles. The van der Waals surface area contributed by atoms with Crippen LogP contribution in [-0.2, 0) is 4.79 Å². The van der Waals surface area contributed by atoms with Gasteiger partial charge in [-0.3, -0.25) is 14.9 Å². The standard InChI is InChI=1S/C12H14FNO4S/c1-12(2,11(15)16)19-10(7-14(17)18)8-3-5-9(13)6-4-8/h3-6,10H,7H2,1-2H3,(H,15,16). The third-order valence-electron chi connectivity index (χ3n) is 2.51. The van der Waals surface area contributed by atoms with Crippen molar-refractivity contribution in [2.45, 2.75) is 23.8 Å². The average Bonchev–Trinajstić information content (AvgIpc) is 2.27. The Morgan fingerprint density at radius 1 is 1.47 bits per heavy atom. The predicted octanol–water partition coefficient (Wildman–Crippen LogP) is 2.74. The normalized spacial score (nSPS) is 13.0. The van der Waals surface area contributed by atoms with Gasteiger partial charge in [0.25, 0.3) is 0 Å². The molecule has 0 amide bonds. The van der Waals surface area contributed by atoms with E-state index in [0.717, 1.165) is 11.8 Å². The molecular weight excluding hydrogens is 273 g/mol. The fraction of sp³-hybridized carbons (Fsp3) is 0.417. The molecule has 1 N–H and O–H groups in total. The minimum absolute atomic E-state index is 0.410.